The van der Waals surface area contributed by atoms with E-state index in [0.717, 1.165) is 43.7 Å². The minimum absolute atomic E-state index is 0.0323. The van der Waals surface area contributed by atoms with E-state index in [4.69, 9.17) is 10.5 Å². The topological polar surface area (TPSA) is 110 Å². The highest BCUT2D eigenvalue weighted by molar-refractivity contribution is 7.89. The second-order valence-electron chi connectivity index (χ2n) is 8.51. The van der Waals surface area contributed by atoms with Gasteiger partial charge in [-0.2, -0.15) is 4.31 Å². The standard InChI is InChI=1S/C23H29N3O5S2/c1-31-21(27)19-20(18(16-32-19)17-8-4-2-5-9-17)33(29,30)26-14-10-23(11-15-26,22(24)28)25-12-6-3-7-13-25/h2,4-5,8-9,16H,3,6-7,10-15H2,1H3,(H2,24,28). The van der Waals surface area contributed by atoms with Gasteiger partial charge in [0, 0.05) is 24.0 Å². The maximum atomic E-state index is 13.8. The Bertz CT molecular complexity index is 1120. The molecule has 178 valence electrons. The molecule has 0 bridgehead atoms. The second-order valence-corrected chi connectivity index (χ2v) is 11.3. The van der Waals surface area contributed by atoms with E-state index in [1.807, 2.05) is 30.3 Å². The van der Waals surface area contributed by atoms with E-state index < -0.39 is 27.4 Å². The van der Waals surface area contributed by atoms with Crippen molar-refractivity contribution >= 4 is 33.2 Å². The Morgan fingerprint density at radius 1 is 1.03 bits per heavy atom. The first-order valence-corrected chi connectivity index (χ1v) is 13.4. The van der Waals surface area contributed by atoms with Crippen molar-refractivity contribution in [1.82, 2.24) is 9.21 Å². The van der Waals surface area contributed by atoms with Gasteiger partial charge >= 0.3 is 5.97 Å². The Morgan fingerprint density at radius 2 is 1.67 bits per heavy atom. The quantitative estimate of drug-likeness (QED) is 0.622. The Labute approximate surface area is 198 Å². The Morgan fingerprint density at radius 3 is 2.24 bits per heavy atom. The Kier molecular flexibility index (Phi) is 6.90. The van der Waals surface area contributed by atoms with Gasteiger partial charge in [0.1, 0.15) is 15.3 Å². The number of likely N-dealkylation sites (tertiary alicyclic amines) is 1. The molecule has 1 aromatic carbocycles. The van der Waals surface area contributed by atoms with Crippen LogP contribution in [0, 0.1) is 0 Å². The van der Waals surface area contributed by atoms with Crippen LogP contribution in [0.15, 0.2) is 40.6 Å². The molecule has 3 heterocycles. The average molecular weight is 492 g/mol. The van der Waals surface area contributed by atoms with Gasteiger partial charge in [-0.25, -0.2) is 13.2 Å². The summed E-state index contributed by atoms with van der Waals surface area (Å²) in [7, 11) is -2.78. The molecule has 2 N–H and O–H groups in total. The van der Waals surface area contributed by atoms with E-state index in [-0.39, 0.29) is 22.9 Å². The van der Waals surface area contributed by atoms with Crippen molar-refractivity contribution in [3.63, 3.8) is 0 Å². The summed E-state index contributed by atoms with van der Waals surface area (Å²) in [5.41, 5.74) is 6.21. The van der Waals surface area contributed by atoms with E-state index in [0.29, 0.717) is 24.0 Å². The molecule has 2 saturated heterocycles. The van der Waals surface area contributed by atoms with Gasteiger partial charge < -0.3 is 10.5 Å². The Balaban J connectivity index is 1.68. The van der Waals surface area contributed by atoms with E-state index >= 15 is 0 Å². The van der Waals surface area contributed by atoms with Crippen LogP contribution in [0.1, 0.15) is 41.8 Å². The molecule has 1 amide bonds. The van der Waals surface area contributed by atoms with Crippen molar-refractivity contribution in [2.75, 3.05) is 33.3 Å². The zero-order valence-corrected chi connectivity index (χ0v) is 20.3. The lowest BCUT2D eigenvalue weighted by atomic mass is 9.84. The fraction of sp³-hybridized carbons (Fsp3) is 0.478. The summed E-state index contributed by atoms with van der Waals surface area (Å²) in [6.45, 7) is 1.91. The number of piperidine rings is 2. The number of rotatable bonds is 6. The smallest absolute Gasteiger partial charge is 0.349 e. The van der Waals surface area contributed by atoms with Crippen LogP contribution in [-0.2, 0) is 19.6 Å². The molecule has 0 atom stereocenters. The lowest BCUT2D eigenvalue weighted by Gasteiger charge is -2.47. The van der Waals surface area contributed by atoms with Crippen LogP contribution in [0.2, 0.25) is 0 Å². The molecule has 2 aliphatic heterocycles. The highest BCUT2D eigenvalue weighted by Crippen LogP contribution is 2.40. The summed E-state index contributed by atoms with van der Waals surface area (Å²) in [5.74, 6) is -1.07. The van der Waals surface area contributed by atoms with Crippen molar-refractivity contribution in [2.45, 2.75) is 42.5 Å². The van der Waals surface area contributed by atoms with Gasteiger partial charge in [-0.15, -0.1) is 11.3 Å². The van der Waals surface area contributed by atoms with Gasteiger partial charge in [0.05, 0.1) is 7.11 Å². The molecule has 0 spiro atoms. The van der Waals surface area contributed by atoms with Crippen LogP contribution in [-0.4, -0.2) is 68.3 Å². The fourth-order valence-electron chi connectivity index (χ4n) is 4.92. The molecular weight excluding hydrogens is 462 g/mol. The van der Waals surface area contributed by atoms with Crippen molar-refractivity contribution in [3.05, 3.63) is 40.6 Å². The molecule has 0 radical (unpaired) electrons. The second kappa shape index (κ2) is 9.54. The molecule has 0 aliphatic carbocycles. The number of methoxy groups -OCH3 is 1. The maximum Gasteiger partial charge on any atom is 0.349 e. The molecule has 33 heavy (non-hydrogen) atoms. The molecule has 10 heteroatoms. The molecule has 2 fully saturated rings. The number of carbonyl (C=O) groups is 2. The molecule has 4 rings (SSSR count). The molecular formula is C23H29N3O5S2. The first-order valence-electron chi connectivity index (χ1n) is 11.1. The van der Waals surface area contributed by atoms with Gasteiger partial charge in [-0.3, -0.25) is 9.69 Å². The largest absolute Gasteiger partial charge is 0.465 e. The first kappa shape index (κ1) is 23.9. The molecule has 0 saturated carbocycles. The van der Waals surface area contributed by atoms with E-state index in [9.17, 15) is 18.0 Å². The number of nitrogens with zero attached hydrogens (tertiary/aromatic N) is 2. The Hall–Kier alpha value is -2.27. The predicted octanol–water partition coefficient (Wildman–Crippen LogP) is 2.70. The van der Waals surface area contributed by atoms with E-state index in [1.165, 1.54) is 11.4 Å². The fourth-order valence-corrected chi connectivity index (χ4v) is 8.03. The van der Waals surface area contributed by atoms with Crippen molar-refractivity contribution < 1.29 is 22.7 Å². The first-order chi connectivity index (χ1) is 15.8. The number of primary amides is 1. The van der Waals surface area contributed by atoms with Gasteiger partial charge in [0.25, 0.3) is 0 Å². The van der Waals surface area contributed by atoms with Gasteiger partial charge in [0.15, 0.2) is 0 Å². The number of sulfonamides is 1. The van der Waals surface area contributed by atoms with Crippen LogP contribution in [0.5, 0.6) is 0 Å². The number of benzene rings is 1. The summed E-state index contributed by atoms with van der Waals surface area (Å²) in [6.07, 6.45) is 3.81. The van der Waals surface area contributed by atoms with Gasteiger partial charge in [-0.05, 0) is 44.3 Å². The third kappa shape index (κ3) is 4.32. The van der Waals surface area contributed by atoms with Gasteiger partial charge in [-0.1, -0.05) is 36.8 Å². The lowest BCUT2D eigenvalue weighted by Crippen LogP contribution is -2.63. The molecule has 2 aliphatic rings. The summed E-state index contributed by atoms with van der Waals surface area (Å²) in [4.78, 5) is 27.1. The maximum absolute atomic E-state index is 13.8. The molecule has 0 unspecified atom stereocenters. The molecule has 8 nitrogen and oxygen atoms in total. The van der Waals surface area contributed by atoms with Gasteiger partial charge in [0.2, 0.25) is 15.9 Å². The third-order valence-corrected chi connectivity index (χ3v) is 9.84. The number of thiophene rings is 1. The minimum atomic E-state index is -4.02. The third-order valence-electron chi connectivity index (χ3n) is 6.77. The van der Waals surface area contributed by atoms with Crippen LogP contribution in [0.25, 0.3) is 11.1 Å². The number of amides is 1. The minimum Gasteiger partial charge on any atom is -0.465 e. The number of carbonyl (C=O) groups excluding carboxylic acids is 2. The number of nitrogens with two attached hydrogens (primary N) is 1. The lowest BCUT2D eigenvalue weighted by molar-refractivity contribution is -0.134. The monoisotopic (exact) mass is 491 g/mol. The van der Waals surface area contributed by atoms with Crippen LogP contribution in [0.4, 0.5) is 0 Å². The zero-order valence-electron chi connectivity index (χ0n) is 18.7. The normalized spacial score (nSPS) is 19.8. The van der Waals surface area contributed by atoms with Crippen molar-refractivity contribution in [2.24, 2.45) is 5.73 Å². The van der Waals surface area contributed by atoms with Crippen LogP contribution in [0.3, 0.4) is 0 Å². The molecule has 1 aromatic heterocycles. The number of ether oxygens (including phenoxy) is 1. The SMILES string of the molecule is COC(=O)c1scc(-c2ccccc2)c1S(=O)(=O)N1CCC(C(N)=O)(N2CCCCC2)CC1. The number of hydrogen-bond donors (Lipinski definition) is 1. The predicted molar refractivity (Wildman–Crippen MR) is 126 cm³/mol. The zero-order chi connectivity index (χ0) is 23.6. The van der Waals surface area contributed by atoms with E-state index in [2.05, 4.69) is 4.90 Å². The van der Waals surface area contributed by atoms with Crippen molar-refractivity contribution in [3.8, 4) is 11.1 Å². The summed E-state index contributed by atoms with van der Waals surface area (Å²) in [6, 6.07) is 9.11. The average Bonchev–Trinajstić information content (AvgIpc) is 3.31. The van der Waals surface area contributed by atoms with Crippen molar-refractivity contribution in [1.29, 1.82) is 0 Å². The highest BCUT2D eigenvalue weighted by Gasteiger charge is 2.48. The summed E-state index contributed by atoms with van der Waals surface area (Å²) >= 11 is 1.06. The number of hydrogen-bond acceptors (Lipinski definition) is 7. The summed E-state index contributed by atoms with van der Waals surface area (Å²) < 4.78 is 33.9. The highest BCUT2D eigenvalue weighted by atomic mass is 32.2. The van der Waals surface area contributed by atoms with Crippen LogP contribution < -0.4 is 5.73 Å². The van der Waals surface area contributed by atoms with Crippen LogP contribution >= 0.6 is 11.3 Å². The summed E-state index contributed by atoms with van der Waals surface area (Å²) in [5, 5.41) is 1.68. The number of esters is 1. The molecule has 2 aromatic rings. The van der Waals surface area contributed by atoms with E-state index in [1.54, 1.807) is 5.38 Å².